The van der Waals surface area contributed by atoms with Gasteiger partial charge in [0.1, 0.15) is 0 Å². The Bertz CT molecular complexity index is 632. The van der Waals surface area contributed by atoms with E-state index >= 15 is 0 Å². The number of carbonyl (C=O) groups excluding carboxylic acids is 3. The Balaban J connectivity index is 0.000000571. The number of thiol groups is 1. The Hall–Kier alpha value is -1.82. The molecule has 0 spiro atoms. The van der Waals surface area contributed by atoms with E-state index in [1.807, 2.05) is 6.92 Å². The van der Waals surface area contributed by atoms with Crippen molar-refractivity contribution in [2.75, 3.05) is 13.2 Å². The van der Waals surface area contributed by atoms with E-state index in [-0.39, 0.29) is 25.0 Å². The zero-order chi connectivity index (χ0) is 22.4. The van der Waals surface area contributed by atoms with Crippen molar-refractivity contribution < 1.29 is 23.9 Å². The molecule has 0 heterocycles. The molecule has 0 radical (unpaired) electrons. The van der Waals surface area contributed by atoms with Gasteiger partial charge in [0.2, 0.25) is 5.78 Å². The Morgan fingerprint density at radius 1 is 0.966 bits per heavy atom. The molecule has 0 aromatic heterocycles. The monoisotopic (exact) mass is 424 g/mol. The zero-order valence-corrected chi connectivity index (χ0v) is 19.5. The Morgan fingerprint density at radius 2 is 1.52 bits per heavy atom. The van der Waals surface area contributed by atoms with Crippen molar-refractivity contribution in [1.29, 1.82) is 0 Å². The summed E-state index contributed by atoms with van der Waals surface area (Å²) in [6, 6.07) is 8.66. The maximum absolute atomic E-state index is 11.5. The van der Waals surface area contributed by atoms with Gasteiger partial charge in [-0.3, -0.25) is 9.59 Å². The molecule has 164 valence electrons. The summed E-state index contributed by atoms with van der Waals surface area (Å²) in [6.07, 6.45) is 1.15. The number of Topliss-reactive ketones (excluding diaryl/α,β-unsaturated/α-hetero) is 1. The molecule has 0 aliphatic carbocycles. The molecule has 0 aliphatic rings. The van der Waals surface area contributed by atoms with Crippen LogP contribution in [0.2, 0.25) is 0 Å². The predicted molar refractivity (Wildman–Crippen MR) is 119 cm³/mol. The Morgan fingerprint density at radius 3 is 1.93 bits per heavy atom. The van der Waals surface area contributed by atoms with Gasteiger partial charge >= 0.3 is 11.9 Å². The zero-order valence-electron chi connectivity index (χ0n) is 18.6. The summed E-state index contributed by atoms with van der Waals surface area (Å²) in [5, 5.41) is 0. The fourth-order valence-electron chi connectivity index (χ4n) is 2.54. The number of hydrogen-bond acceptors (Lipinski definition) is 6. The first-order valence-corrected chi connectivity index (χ1v) is 10.8. The lowest BCUT2D eigenvalue weighted by Gasteiger charge is -2.18. The molecule has 6 heteroatoms. The molecule has 1 aromatic rings. The standard InChI is InChI=1S/C12H20O5.C11H16S/c1-4-7-9(11(14)16-5-2)8-10(13)12(15)17-6-3;1-11(2,3)10-6-4-9(8-12)5-7-10/h9H,4-8H2,1-3H3;4-7,12H,8H2,1-3H3. The molecule has 0 bridgehead atoms. The third-order valence-corrected chi connectivity index (χ3v) is 4.56. The smallest absolute Gasteiger partial charge is 0.374 e. The molecule has 0 amide bonds. The van der Waals surface area contributed by atoms with Crippen molar-refractivity contribution in [3.05, 3.63) is 35.4 Å². The number of benzene rings is 1. The number of carbonyl (C=O) groups is 3. The molecule has 0 N–H and O–H groups in total. The summed E-state index contributed by atoms with van der Waals surface area (Å²) in [6.45, 7) is 12.3. The van der Waals surface area contributed by atoms with Gasteiger partial charge in [-0.05, 0) is 36.8 Å². The number of esters is 2. The number of ketones is 1. The molecule has 0 aliphatic heterocycles. The van der Waals surface area contributed by atoms with E-state index in [4.69, 9.17) is 4.74 Å². The van der Waals surface area contributed by atoms with Gasteiger partial charge in [-0.15, -0.1) is 0 Å². The molecule has 1 atom stereocenters. The van der Waals surface area contributed by atoms with E-state index in [9.17, 15) is 14.4 Å². The highest BCUT2D eigenvalue weighted by molar-refractivity contribution is 7.79. The quantitative estimate of drug-likeness (QED) is 0.347. The average molecular weight is 425 g/mol. The lowest BCUT2D eigenvalue weighted by atomic mass is 9.87. The topological polar surface area (TPSA) is 69.7 Å². The van der Waals surface area contributed by atoms with Gasteiger partial charge in [0.05, 0.1) is 19.1 Å². The second kappa shape index (κ2) is 14.2. The van der Waals surface area contributed by atoms with Crippen LogP contribution in [0.3, 0.4) is 0 Å². The third-order valence-electron chi connectivity index (χ3n) is 4.19. The van der Waals surface area contributed by atoms with Crippen LogP contribution in [0.25, 0.3) is 0 Å². The molecule has 1 aromatic carbocycles. The maximum atomic E-state index is 11.5. The largest absolute Gasteiger partial charge is 0.466 e. The highest BCUT2D eigenvalue weighted by Crippen LogP contribution is 2.22. The van der Waals surface area contributed by atoms with Crippen molar-refractivity contribution in [2.24, 2.45) is 5.92 Å². The van der Waals surface area contributed by atoms with Crippen LogP contribution in [0.4, 0.5) is 0 Å². The Kier molecular flexibility index (Phi) is 13.3. The second-order valence-corrected chi connectivity index (χ2v) is 8.01. The van der Waals surface area contributed by atoms with Crippen LogP contribution in [0.5, 0.6) is 0 Å². The van der Waals surface area contributed by atoms with Gasteiger partial charge in [-0.2, -0.15) is 12.6 Å². The minimum Gasteiger partial charge on any atom is -0.466 e. The second-order valence-electron chi connectivity index (χ2n) is 7.69. The lowest BCUT2D eigenvalue weighted by molar-refractivity contribution is -0.156. The van der Waals surface area contributed by atoms with Crippen LogP contribution in [0.15, 0.2) is 24.3 Å². The fourth-order valence-corrected chi connectivity index (χ4v) is 2.75. The summed E-state index contributed by atoms with van der Waals surface area (Å²) < 4.78 is 9.44. The van der Waals surface area contributed by atoms with Crippen LogP contribution in [-0.2, 0) is 35.0 Å². The van der Waals surface area contributed by atoms with Crippen molar-refractivity contribution in [1.82, 2.24) is 0 Å². The SMILES string of the molecule is CC(C)(C)c1ccc(CS)cc1.CCCC(CC(=O)C(=O)OCC)C(=O)OCC. The summed E-state index contributed by atoms with van der Waals surface area (Å²) in [5.41, 5.74) is 2.93. The van der Waals surface area contributed by atoms with Crippen LogP contribution < -0.4 is 0 Å². The van der Waals surface area contributed by atoms with E-state index in [0.717, 1.165) is 12.2 Å². The highest BCUT2D eigenvalue weighted by Gasteiger charge is 2.26. The minimum absolute atomic E-state index is 0.133. The van der Waals surface area contributed by atoms with Crippen molar-refractivity contribution >= 4 is 30.4 Å². The lowest BCUT2D eigenvalue weighted by Crippen LogP contribution is -2.26. The average Bonchev–Trinajstić information content (AvgIpc) is 2.67. The van der Waals surface area contributed by atoms with Gasteiger partial charge in [0.15, 0.2) is 0 Å². The molecule has 0 fully saturated rings. The molecular formula is C23H36O5S. The van der Waals surface area contributed by atoms with E-state index < -0.39 is 23.6 Å². The number of hydrogen-bond donors (Lipinski definition) is 1. The van der Waals surface area contributed by atoms with Crippen LogP contribution in [0.1, 0.15) is 71.9 Å². The Labute approximate surface area is 181 Å². The predicted octanol–water partition coefficient (Wildman–Crippen LogP) is 4.90. The van der Waals surface area contributed by atoms with E-state index in [0.29, 0.717) is 6.42 Å². The van der Waals surface area contributed by atoms with E-state index in [2.05, 4.69) is 62.4 Å². The first-order chi connectivity index (χ1) is 13.6. The summed E-state index contributed by atoms with van der Waals surface area (Å²) in [7, 11) is 0. The van der Waals surface area contributed by atoms with Crippen LogP contribution in [0, 0.1) is 5.92 Å². The summed E-state index contributed by atoms with van der Waals surface area (Å²) in [4.78, 5) is 34.1. The van der Waals surface area contributed by atoms with Gasteiger partial charge in [-0.25, -0.2) is 4.79 Å². The molecule has 0 saturated carbocycles. The third kappa shape index (κ3) is 11.1. The first-order valence-electron chi connectivity index (χ1n) is 10.2. The maximum Gasteiger partial charge on any atom is 0.374 e. The molecule has 5 nitrogen and oxygen atoms in total. The fraction of sp³-hybridized carbons (Fsp3) is 0.609. The van der Waals surface area contributed by atoms with Crippen molar-refractivity contribution in [3.63, 3.8) is 0 Å². The summed E-state index contributed by atoms with van der Waals surface area (Å²) >= 11 is 4.22. The first kappa shape index (κ1) is 27.2. The van der Waals surface area contributed by atoms with Gasteiger partial charge in [0, 0.05) is 12.2 Å². The van der Waals surface area contributed by atoms with Crippen molar-refractivity contribution in [2.45, 2.75) is 72.0 Å². The van der Waals surface area contributed by atoms with Gasteiger partial charge in [-0.1, -0.05) is 58.4 Å². The minimum atomic E-state index is -0.877. The van der Waals surface area contributed by atoms with E-state index in [1.54, 1.807) is 13.8 Å². The van der Waals surface area contributed by atoms with Crippen LogP contribution >= 0.6 is 12.6 Å². The van der Waals surface area contributed by atoms with E-state index in [1.165, 1.54) is 11.1 Å². The molecular weight excluding hydrogens is 388 g/mol. The van der Waals surface area contributed by atoms with Crippen molar-refractivity contribution in [3.8, 4) is 0 Å². The van der Waals surface area contributed by atoms with Crippen LogP contribution in [-0.4, -0.2) is 30.9 Å². The molecule has 1 rings (SSSR count). The highest BCUT2D eigenvalue weighted by atomic mass is 32.1. The number of rotatable bonds is 9. The van der Waals surface area contributed by atoms with Gasteiger partial charge < -0.3 is 9.47 Å². The summed E-state index contributed by atoms with van der Waals surface area (Å²) in [5.74, 6) is -1.69. The molecule has 29 heavy (non-hydrogen) atoms. The van der Waals surface area contributed by atoms with Gasteiger partial charge in [0.25, 0.3) is 0 Å². The molecule has 1 unspecified atom stereocenters. The normalized spacial score (nSPS) is 11.7. The molecule has 0 saturated heterocycles. The number of ether oxygens (including phenoxy) is 2.